The number of rotatable bonds is 6. The third kappa shape index (κ3) is 5.22. The van der Waals surface area contributed by atoms with Crippen LogP contribution in [0.2, 0.25) is 1.41 Å². The molecular weight excluding hydrogens is 636 g/mol. The maximum Gasteiger partial charge on any atom is 0.262 e. The first-order valence-electron chi connectivity index (χ1n) is 18.1. The number of fused-ring (bicyclic) bond motifs is 4. The highest BCUT2D eigenvalue weighted by Crippen LogP contribution is 2.38. The second-order valence-electron chi connectivity index (χ2n) is 14.4. The molecule has 50 heavy (non-hydrogen) atoms. The minimum Gasteiger partial charge on any atom is -0.363 e. The number of nitrogens with one attached hydrogen (secondary N) is 2. The maximum atomic E-state index is 13.4. The Morgan fingerprint density at radius 1 is 0.800 bits per heavy atom. The number of hydrogen-bond acceptors (Lipinski definition) is 10. The molecule has 13 nitrogen and oxygen atoms in total. The van der Waals surface area contributed by atoms with Gasteiger partial charge in [0.2, 0.25) is 11.8 Å². The van der Waals surface area contributed by atoms with Gasteiger partial charge in [0.05, 0.1) is 16.8 Å². The van der Waals surface area contributed by atoms with Crippen molar-refractivity contribution in [3.05, 3.63) is 70.8 Å². The van der Waals surface area contributed by atoms with E-state index < -0.39 is 23.8 Å². The van der Waals surface area contributed by atoms with Gasteiger partial charge in [-0.05, 0) is 80.0 Å². The molecule has 0 aliphatic carbocycles. The van der Waals surface area contributed by atoms with Gasteiger partial charge in [0.25, 0.3) is 17.7 Å². The quantitative estimate of drug-likeness (QED) is 0.373. The number of anilines is 2. The van der Waals surface area contributed by atoms with Gasteiger partial charge in [-0.15, -0.1) is 10.2 Å². The van der Waals surface area contributed by atoms with E-state index in [1.165, 1.54) is 0 Å². The monoisotopic (exact) mass is 675 g/mol. The van der Waals surface area contributed by atoms with E-state index in [0.29, 0.717) is 46.9 Å². The SMILES string of the molecule is [2H]N1Cc2ccc(-c3ccc(N4CCC(CN5CC6CCC(C5)N6c5ccc6c(c5)C(=O)N(C5CCC(=O)NC5=O)C6=O)CC4)nn3)cc2C1=O. The van der Waals surface area contributed by atoms with Gasteiger partial charge in [0.15, 0.2) is 7.23 Å². The van der Waals surface area contributed by atoms with Crippen LogP contribution in [0.25, 0.3) is 11.3 Å². The second kappa shape index (κ2) is 12.0. The van der Waals surface area contributed by atoms with Crippen LogP contribution in [0.4, 0.5) is 11.5 Å². The number of piperidine rings is 2. The summed E-state index contributed by atoms with van der Waals surface area (Å²) in [6.07, 6.45) is 4.53. The van der Waals surface area contributed by atoms with Crippen LogP contribution in [0.3, 0.4) is 0 Å². The molecule has 1 aromatic heterocycles. The molecule has 0 spiro atoms. The highest BCUT2D eigenvalue weighted by Gasteiger charge is 2.46. The van der Waals surface area contributed by atoms with Gasteiger partial charge in [-0.3, -0.25) is 39.1 Å². The largest absolute Gasteiger partial charge is 0.363 e. The molecule has 2 aromatic carbocycles. The maximum absolute atomic E-state index is 13.4. The summed E-state index contributed by atoms with van der Waals surface area (Å²) in [7, 11) is 0. The zero-order chi connectivity index (χ0) is 35.0. The first-order valence-corrected chi connectivity index (χ1v) is 17.6. The van der Waals surface area contributed by atoms with Gasteiger partial charge in [-0.2, -0.15) is 0 Å². The van der Waals surface area contributed by atoms with Crippen molar-refractivity contribution in [1.29, 1.82) is 0 Å². The number of benzene rings is 2. The number of imide groups is 2. The van der Waals surface area contributed by atoms with E-state index in [0.717, 1.165) is 91.2 Å². The van der Waals surface area contributed by atoms with Gasteiger partial charge < -0.3 is 15.1 Å². The van der Waals surface area contributed by atoms with Crippen LogP contribution >= 0.6 is 0 Å². The van der Waals surface area contributed by atoms with Crippen LogP contribution in [0.1, 0.15) is 75.2 Å². The lowest BCUT2D eigenvalue weighted by molar-refractivity contribution is -0.136. The molecule has 9 rings (SSSR count). The van der Waals surface area contributed by atoms with Crippen molar-refractivity contribution < 1.29 is 25.4 Å². The third-order valence-electron chi connectivity index (χ3n) is 11.4. The van der Waals surface area contributed by atoms with E-state index in [1.807, 2.05) is 36.4 Å². The molecule has 4 fully saturated rings. The van der Waals surface area contributed by atoms with Crippen molar-refractivity contribution in [3.8, 4) is 11.3 Å². The fourth-order valence-electron chi connectivity index (χ4n) is 8.85. The topological polar surface area (TPSA) is 148 Å². The van der Waals surface area contributed by atoms with Gasteiger partial charge in [0.1, 0.15) is 6.04 Å². The number of likely N-dealkylation sites (tertiary alicyclic amines) is 1. The molecule has 2 bridgehead atoms. The average Bonchev–Trinajstić information content (AvgIpc) is 3.68. The van der Waals surface area contributed by atoms with Crippen LogP contribution in [-0.2, 0) is 16.1 Å². The van der Waals surface area contributed by atoms with E-state index in [2.05, 4.69) is 30.2 Å². The van der Waals surface area contributed by atoms with Crippen molar-refractivity contribution in [2.24, 2.45) is 5.92 Å². The lowest BCUT2D eigenvalue weighted by Gasteiger charge is -2.44. The van der Waals surface area contributed by atoms with Crippen LogP contribution in [0.15, 0.2) is 48.5 Å². The lowest BCUT2D eigenvalue weighted by atomic mass is 9.95. The summed E-state index contributed by atoms with van der Waals surface area (Å²) in [5, 5.41) is 12.2. The van der Waals surface area contributed by atoms with Crippen molar-refractivity contribution in [1.82, 2.24) is 30.6 Å². The third-order valence-corrected chi connectivity index (χ3v) is 11.4. The van der Waals surface area contributed by atoms with E-state index >= 15 is 0 Å². The van der Waals surface area contributed by atoms with Crippen molar-refractivity contribution in [2.45, 2.75) is 63.2 Å². The Balaban J connectivity index is 0.801. The minimum absolute atomic E-state index is 0.0978. The number of carbonyl (C=O) groups excluding carboxylic acids is 5. The molecule has 0 radical (unpaired) electrons. The first kappa shape index (κ1) is 29.7. The normalized spacial score (nSPS) is 25.7. The average molecular weight is 676 g/mol. The van der Waals surface area contributed by atoms with Crippen molar-refractivity contribution in [2.75, 3.05) is 42.5 Å². The number of carbonyl (C=O) groups is 5. The molecule has 6 aliphatic rings. The summed E-state index contributed by atoms with van der Waals surface area (Å²) in [6.45, 7) is 5.08. The Kier molecular flexibility index (Phi) is 7.14. The standard InChI is InChI=1S/C37H38N8O5/c46-33-10-8-31(35(48)39-33)45-36(49)27-6-5-24(16-29(27)37(45)50)44-25-3-4-26(44)20-42(19-25)18-21-11-13-43(14-12-21)32-9-7-30(40-41-32)22-1-2-23-17-38-34(47)28(23)15-22/h1-2,5-7,9,15-16,21,25-26,31H,3-4,8,10-14,17-20H2,(H,38,47)(H,39,46,48)/i/hD. The van der Waals surface area contributed by atoms with E-state index in [4.69, 9.17) is 1.41 Å². The molecule has 4 saturated heterocycles. The van der Waals surface area contributed by atoms with Gasteiger partial charge in [-0.25, -0.2) is 0 Å². The van der Waals surface area contributed by atoms with Gasteiger partial charge in [-0.1, -0.05) is 12.1 Å². The van der Waals surface area contributed by atoms with E-state index in [1.54, 1.807) is 12.1 Å². The summed E-state index contributed by atoms with van der Waals surface area (Å²) in [4.78, 5) is 71.4. The second-order valence-corrected chi connectivity index (χ2v) is 14.4. The highest BCUT2D eigenvalue weighted by molar-refractivity contribution is 6.23. The summed E-state index contributed by atoms with van der Waals surface area (Å²) >= 11 is 0. The van der Waals surface area contributed by atoms with Crippen molar-refractivity contribution >= 4 is 41.0 Å². The van der Waals surface area contributed by atoms with E-state index in [9.17, 15) is 24.0 Å². The molecule has 3 unspecified atom stereocenters. The molecule has 7 heterocycles. The smallest absolute Gasteiger partial charge is 0.262 e. The zero-order valence-electron chi connectivity index (χ0n) is 28.6. The highest BCUT2D eigenvalue weighted by atomic mass is 16.2. The molecule has 3 aromatic rings. The first-order chi connectivity index (χ1) is 24.7. The van der Waals surface area contributed by atoms with Crippen LogP contribution < -0.4 is 20.4 Å². The number of nitrogens with zero attached hydrogens (tertiary/aromatic N) is 6. The zero-order valence-corrected chi connectivity index (χ0v) is 27.6. The molecule has 256 valence electrons. The fraction of sp³-hybridized carbons (Fsp3) is 0.432. The Hall–Kier alpha value is -5.17. The lowest BCUT2D eigenvalue weighted by Crippen LogP contribution is -2.55. The van der Waals surface area contributed by atoms with Crippen molar-refractivity contribution in [3.63, 3.8) is 0 Å². The van der Waals surface area contributed by atoms with Crippen LogP contribution in [-0.4, -0.2) is 100 Å². The Bertz CT molecular complexity index is 1970. The Morgan fingerprint density at radius 2 is 1.58 bits per heavy atom. The molecule has 5 amide bonds. The molecule has 2 N–H and O–H groups in total. The molecule has 13 heteroatoms. The number of piperazine rings is 1. The Morgan fingerprint density at radius 3 is 2.32 bits per heavy atom. The summed E-state index contributed by atoms with van der Waals surface area (Å²) < 4.78 is 7.77. The fourth-order valence-corrected chi connectivity index (χ4v) is 8.85. The Labute approximate surface area is 290 Å². The number of amides is 5. The van der Waals surface area contributed by atoms with E-state index in [-0.39, 0.29) is 24.7 Å². The summed E-state index contributed by atoms with van der Waals surface area (Å²) in [5.74, 6) is -0.775. The molecule has 6 aliphatic heterocycles. The number of aromatic nitrogens is 2. The van der Waals surface area contributed by atoms with Crippen LogP contribution in [0.5, 0.6) is 0 Å². The predicted molar refractivity (Wildman–Crippen MR) is 182 cm³/mol. The summed E-state index contributed by atoms with van der Waals surface area (Å²) in [5.41, 5.74) is 4.52. The molecular formula is C37H38N8O5. The van der Waals surface area contributed by atoms with Crippen LogP contribution in [0, 0.1) is 5.92 Å². The molecule has 0 saturated carbocycles. The number of hydrogen-bond donors (Lipinski definition) is 2. The minimum atomic E-state index is -0.967. The van der Waals surface area contributed by atoms with Gasteiger partial charge >= 0.3 is 0 Å². The molecule has 3 atom stereocenters. The summed E-state index contributed by atoms with van der Waals surface area (Å²) in [6, 6.07) is 14.7. The van der Waals surface area contributed by atoms with Gasteiger partial charge in [0, 0.05) is 74.6 Å². The predicted octanol–water partition coefficient (Wildman–Crippen LogP) is 2.36.